The number of ether oxygens (including phenoxy) is 2. The number of nitrogens with one attached hydrogen (secondary N) is 1. The topological polar surface area (TPSA) is 105 Å². The Morgan fingerprint density at radius 3 is 2.64 bits per heavy atom. The van der Waals surface area contributed by atoms with Gasteiger partial charge in [-0.3, -0.25) is 10.1 Å². The molecule has 6 nitrogen and oxygen atoms in total. The first-order valence-electron chi connectivity index (χ1n) is 6.82. The lowest BCUT2D eigenvalue weighted by Crippen LogP contribution is -2.50. The van der Waals surface area contributed by atoms with Gasteiger partial charge in [0.1, 0.15) is 11.8 Å². The number of para-hydroxylation sites is 1. The largest absolute Gasteiger partial charge is 0.465 e. The monoisotopic (exact) mass is 348 g/mol. The summed E-state index contributed by atoms with van der Waals surface area (Å²) in [6.07, 6.45) is 0. The summed E-state index contributed by atoms with van der Waals surface area (Å²) in [4.78, 5) is 10.9. The molecular weight excluding hydrogens is 323 g/mol. The SMILES string of the molecule is CCOC(=O)C(C)NC(P)(Oc1ccccc1)SCCN.O. The van der Waals surface area contributed by atoms with Gasteiger partial charge in [-0.05, 0) is 26.0 Å². The van der Waals surface area contributed by atoms with Gasteiger partial charge in [-0.1, -0.05) is 39.2 Å². The van der Waals surface area contributed by atoms with Crippen molar-refractivity contribution in [2.24, 2.45) is 5.73 Å². The van der Waals surface area contributed by atoms with Crippen molar-refractivity contribution in [1.29, 1.82) is 0 Å². The molecule has 0 saturated heterocycles. The van der Waals surface area contributed by atoms with E-state index in [1.807, 2.05) is 30.3 Å². The summed E-state index contributed by atoms with van der Waals surface area (Å²) in [6.45, 7) is 4.40. The van der Waals surface area contributed by atoms with Crippen molar-refractivity contribution in [1.82, 2.24) is 5.32 Å². The summed E-state index contributed by atoms with van der Waals surface area (Å²) in [7, 11) is 2.61. The third kappa shape index (κ3) is 7.42. The third-order valence-electron chi connectivity index (χ3n) is 2.50. The number of carbonyl (C=O) groups excluding carboxylic acids is 1. The molecule has 0 bridgehead atoms. The van der Waals surface area contributed by atoms with Gasteiger partial charge in [-0.25, -0.2) is 0 Å². The highest BCUT2D eigenvalue weighted by Gasteiger charge is 2.31. The number of rotatable bonds is 9. The Morgan fingerprint density at radius 2 is 2.09 bits per heavy atom. The number of thioether (sulfide) groups is 1. The van der Waals surface area contributed by atoms with Crippen LogP contribution in [0.3, 0.4) is 0 Å². The first kappa shape index (κ1) is 21.1. The zero-order valence-electron chi connectivity index (χ0n) is 12.9. The second-order valence-electron chi connectivity index (χ2n) is 4.34. The quantitative estimate of drug-likeness (QED) is 0.391. The van der Waals surface area contributed by atoms with Gasteiger partial charge in [0.25, 0.3) is 0 Å². The lowest BCUT2D eigenvalue weighted by Gasteiger charge is -2.32. The fourth-order valence-electron chi connectivity index (χ4n) is 1.60. The Kier molecular flexibility index (Phi) is 10.4. The molecule has 0 aliphatic heterocycles. The highest BCUT2D eigenvalue weighted by atomic mass is 32.2. The molecule has 0 aliphatic carbocycles. The Labute approximate surface area is 138 Å². The van der Waals surface area contributed by atoms with Gasteiger partial charge in [-0.15, -0.1) is 0 Å². The van der Waals surface area contributed by atoms with Crippen LogP contribution in [0.5, 0.6) is 5.75 Å². The Bertz CT molecular complexity index is 438. The van der Waals surface area contributed by atoms with Crippen LogP contribution in [0.1, 0.15) is 13.8 Å². The highest BCUT2D eigenvalue weighted by Crippen LogP contribution is 2.33. The number of esters is 1. The van der Waals surface area contributed by atoms with Crippen LogP contribution in [-0.2, 0) is 9.53 Å². The van der Waals surface area contributed by atoms with Crippen LogP contribution in [0.25, 0.3) is 0 Å². The van der Waals surface area contributed by atoms with Crippen LogP contribution in [-0.4, -0.2) is 41.2 Å². The van der Waals surface area contributed by atoms with Gasteiger partial charge < -0.3 is 20.7 Å². The fraction of sp³-hybridized carbons (Fsp3) is 0.500. The molecule has 0 aliphatic rings. The molecule has 0 aromatic heterocycles. The number of hydrogen-bond donors (Lipinski definition) is 2. The molecule has 0 heterocycles. The average molecular weight is 348 g/mol. The molecule has 0 radical (unpaired) electrons. The van der Waals surface area contributed by atoms with E-state index in [1.165, 1.54) is 11.8 Å². The van der Waals surface area contributed by atoms with Crippen LogP contribution in [0, 0.1) is 0 Å². The molecule has 0 saturated carbocycles. The predicted octanol–water partition coefficient (Wildman–Crippen LogP) is 0.960. The van der Waals surface area contributed by atoms with Crippen molar-refractivity contribution < 1.29 is 19.7 Å². The zero-order chi connectivity index (χ0) is 15.7. The van der Waals surface area contributed by atoms with Crippen molar-refractivity contribution in [2.75, 3.05) is 18.9 Å². The number of benzene rings is 1. The molecule has 22 heavy (non-hydrogen) atoms. The number of hydrogen-bond acceptors (Lipinski definition) is 6. The maximum Gasteiger partial charge on any atom is 0.322 e. The van der Waals surface area contributed by atoms with Crippen molar-refractivity contribution in [3.05, 3.63) is 30.3 Å². The van der Waals surface area contributed by atoms with Gasteiger partial charge >= 0.3 is 5.97 Å². The van der Waals surface area contributed by atoms with Gasteiger partial charge in [0.05, 0.1) is 6.61 Å². The molecule has 0 amide bonds. The molecule has 0 spiro atoms. The Balaban J connectivity index is 0.00000441. The summed E-state index contributed by atoms with van der Waals surface area (Å²) < 4.78 is 11.0. The first-order valence-corrected chi connectivity index (χ1v) is 8.38. The van der Waals surface area contributed by atoms with Crippen LogP contribution in [0.4, 0.5) is 0 Å². The van der Waals surface area contributed by atoms with E-state index in [-0.39, 0.29) is 11.4 Å². The minimum absolute atomic E-state index is 0. The normalized spacial score (nSPS) is 14.4. The lowest BCUT2D eigenvalue weighted by atomic mass is 10.3. The maximum atomic E-state index is 11.8. The van der Waals surface area contributed by atoms with E-state index in [4.69, 9.17) is 15.2 Å². The maximum absolute atomic E-state index is 11.8. The molecule has 0 fully saturated rings. The summed E-state index contributed by atoms with van der Waals surface area (Å²) >= 11 is 1.48. The molecule has 3 atom stereocenters. The molecule has 1 aromatic carbocycles. The first-order chi connectivity index (χ1) is 10.0. The zero-order valence-corrected chi connectivity index (χ0v) is 14.8. The van der Waals surface area contributed by atoms with E-state index in [1.54, 1.807) is 13.8 Å². The van der Waals surface area contributed by atoms with Crippen molar-refractivity contribution in [3.8, 4) is 5.75 Å². The molecular formula is C14H25N2O4PS. The molecule has 126 valence electrons. The van der Waals surface area contributed by atoms with Crippen molar-refractivity contribution >= 4 is 27.0 Å². The van der Waals surface area contributed by atoms with E-state index in [2.05, 4.69) is 14.6 Å². The fourth-order valence-corrected chi connectivity index (χ4v) is 3.18. The van der Waals surface area contributed by atoms with Gasteiger partial charge in [0, 0.05) is 12.3 Å². The Morgan fingerprint density at radius 1 is 1.45 bits per heavy atom. The highest BCUT2D eigenvalue weighted by molar-refractivity contribution is 8.03. The van der Waals surface area contributed by atoms with Gasteiger partial charge in [0.2, 0.25) is 4.80 Å². The van der Waals surface area contributed by atoms with E-state index in [0.717, 1.165) is 0 Å². The predicted molar refractivity (Wildman–Crippen MR) is 93.9 cm³/mol. The summed E-state index contributed by atoms with van der Waals surface area (Å²) in [5, 5.41) is 3.13. The summed E-state index contributed by atoms with van der Waals surface area (Å²) in [5.74, 6) is 1.09. The molecule has 3 unspecified atom stereocenters. The standard InChI is InChI=1S/C14H23N2O3PS.H2O/c1-3-18-13(17)11(2)16-14(20,21-10-9-15)19-12-7-5-4-6-8-12;/h4-8,11,16H,3,9-10,15,20H2,1-2H3;1H2. The Hall–Kier alpha value is -0.850. The van der Waals surface area contributed by atoms with E-state index in [9.17, 15) is 4.79 Å². The van der Waals surface area contributed by atoms with E-state index in [0.29, 0.717) is 24.7 Å². The van der Waals surface area contributed by atoms with Gasteiger partial charge in [0.15, 0.2) is 0 Å². The van der Waals surface area contributed by atoms with E-state index < -0.39 is 10.8 Å². The van der Waals surface area contributed by atoms with Crippen molar-refractivity contribution in [3.63, 3.8) is 0 Å². The minimum Gasteiger partial charge on any atom is -0.465 e. The van der Waals surface area contributed by atoms with Crippen LogP contribution < -0.4 is 15.8 Å². The minimum atomic E-state index is -0.840. The van der Waals surface area contributed by atoms with Gasteiger partial charge in [-0.2, -0.15) is 0 Å². The second kappa shape index (κ2) is 10.8. The number of nitrogens with two attached hydrogens (primary N) is 1. The molecule has 1 rings (SSSR count). The van der Waals surface area contributed by atoms with Crippen LogP contribution >= 0.6 is 21.0 Å². The lowest BCUT2D eigenvalue weighted by molar-refractivity contribution is -0.145. The van der Waals surface area contributed by atoms with Crippen LogP contribution in [0.15, 0.2) is 30.3 Å². The molecule has 5 N–H and O–H groups in total. The molecule has 8 heteroatoms. The van der Waals surface area contributed by atoms with Crippen molar-refractivity contribution in [2.45, 2.75) is 24.7 Å². The van der Waals surface area contributed by atoms with E-state index >= 15 is 0 Å². The summed E-state index contributed by atoms with van der Waals surface area (Å²) in [5.41, 5.74) is 5.56. The smallest absolute Gasteiger partial charge is 0.322 e. The second-order valence-corrected chi connectivity index (χ2v) is 6.87. The summed E-state index contributed by atoms with van der Waals surface area (Å²) in [6, 6.07) is 8.93. The third-order valence-corrected chi connectivity index (χ3v) is 4.36. The number of carbonyl (C=O) groups is 1. The average Bonchev–Trinajstić information content (AvgIpc) is 2.46. The molecule has 1 aromatic rings. The van der Waals surface area contributed by atoms with Crippen LogP contribution in [0.2, 0.25) is 0 Å².